The molecule has 2 N–H and O–H groups in total. The Morgan fingerprint density at radius 1 is 1.47 bits per heavy atom. The summed E-state index contributed by atoms with van der Waals surface area (Å²) in [7, 11) is 0. The summed E-state index contributed by atoms with van der Waals surface area (Å²) in [5.41, 5.74) is 6.73. The van der Waals surface area contributed by atoms with Crippen LogP contribution in [0.3, 0.4) is 0 Å². The molecule has 1 unspecified atom stereocenters. The number of thiazole rings is 1. The number of hydrogen-bond acceptors (Lipinski definition) is 6. The van der Waals surface area contributed by atoms with E-state index in [9.17, 15) is 0 Å². The maximum atomic E-state index is 6.02. The molecule has 1 atom stereocenters. The summed E-state index contributed by atoms with van der Waals surface area (Å²) in [6, 6.07) is 0.0125. The quantitative estimate of drug-likeness (QED) is 0.883. The highest BCUT2D eigenvalue weighted by Crippen LogP contribution is 2.24. The van der Waals surface area contributed by atoms with Crippen molar-refractivity contribution in [3.05, 3.63) is 17.4 Å². The van der Waals surface area contributed by atoms with Gasteiger partial charge in [-0.2, -0.15) is 11.8 Å². The van der Waals surface area contributed by atoms with Crippen LogP contribution in [0.25, 0.3) is 10.5 Å². The van der Waals surface area contributed by atoms with Crippen LogP contribution >= 0.6 is 23.1 Å². The predicted octanol–water partition coefficient (Wildman–Crippen LogP) is 1.84. The molecule has 2 heterocycles. The molecular formula is C9H12N4S2. The minimum atomic E-state index is 0.0125. The lowest BCUT2D eigenvalue weighted by Gasteiger charge is -2.05. The maximum Gasteiger partial charge on any atom is 0.189 e. The zero-order valence-electron chi connectivity index (χ0n) is 8.38. The summed E-state index contributed by atoms with van der Waals surface area (Å²) >= 11 is 3.33. The molecule has 2 aromatic heterocycles. The highest BCUT2D eigenvalue weighted by Gasteiger charge is 2.12. The summed E-state index contributed by atoms with van der Waals surface area (Å²) < 4.78 is 0. The van der Waals surface area contributed by atoms with Crippen molar-refractivity contribution in [1.82, 2.24) is 15.0 Å². The average molecular weight is 240 g/mol. The molecule has 4 nitrogen and oxygen atoms in total. The lowest BCUT2D eigenvalue weighted by molar-refractivity contribution is 0.701. The van der Waals surface area contributed by atoms with Gasteiger partial charge in [0, 0.05) is 12.4 Å². The van der Waals surface area contributed by atoms with Crippen LogP contribution in [0.4, 0.5) is 0 Å². The molecule has 0 saturated heterocycles. The molecule has 0 aliphatic rings. The van der Waals surface area contributed by atoms with E-state index >= 15 is 0 Å². The van der Waals surface area contributed by atoms with Gasteiger partial charge in [0.05, 0.1) is 6.04 Å². The second-order valence-electron chi connectivity index (χ2n) is 3.13. The van der Waals surface area contributed by atoms with Crippen LogP contribution in [0, 0.1) is 0 Å². The minimum Gasteiger partial charge on any atom is -0.322 e. The van der Waals surface area contributed by atoms with Crippen LogP contribution < -0.4 is 5.73 Å². The Hall–Kier alpha value is -0.720. The van der Waals surface area contributed by atoms with Gasteiger partial charge in [-0.05, 0) is 18.4 Å². The fraction of sp³-hybridized carbons (Fsp3) is 0.444. The third kappa shape index (κ3) is 2.45. The van der Waals surface area contributed by atoms with Crippen molar-refractivity contribution in [2.75, 3.05) is 12.0 Å². The molecule has 0 aliphatic heterocycles. The predicted molar refractivity (Wildman–Crippen MR) is 65.1 cm³/mol. The molecule has 0 radical (unpaired) electrons. The summed E-state index contributed by atoms with van der Waals surface area (Å²) in [5, 5.41) is 0.935. The van der Waals surface area contributed by atoms with Crippen LogP contribution in [0.2, 0.25) is 0 Å². The van der Waals surface area contributed by atoms with E-state index in [1.54, 1.807) is 24.2 Å². The fourth-order valence-electron chi connectivity index (χ4n) is 1.22. The van der Waals surface area contributed by atoms with E-state index in [-0.39, 0.29) is 6.04 Å². The summed E-state index contributed by atoms with van der Waals surface area (Å²) in [6.45, 7) is 0. The van der Waals surface area contributed by atoms with Gasteiger partial charge in [0.1, 0.15) is 5.01 Å². The fourth-order valence-corrected chi connectivity index (χ4v) is 2.61. The number of rotatable bonds is 4. The van der Waals surface area contributed by atoms with Crippen molar-refractivity contribution in [3.63, 3.8) is 0 Å². The normalized spacial score (nSPS) is 13.2. The van der Waals surface area contributed by atoms with Crippen LogP contribution in [0.1, 0.15) is 17.5 Å². The SMILES string of the molecule is CSCCC(N)c1nc2nccnc2s1. The highest BCUT2D eigenvalue weighted by molar-refractivity contribution is 7.98. The third-order valence-corrected chi connectivity index (χ3v) is 3.74. The Balaban J connectivity index is 2.20. The van der Waals surface area contributed by atoms with Crippen LogP contribution in [-0.2, 0) is 0 Å². The van der Waals surface area contributed by atoms with Crippen molar-refractivity contribution in [3.8, 4) is 0 Å². The Bertz CT molecular complexity index is 409. The van der Waals surface area contributed by atoms with E-state index in [1.807, 2.05) is 0 Å². The van der Waals surface area contributed by atoms with Gasteiger partial charge in [-0.15, -0.1) is 0 Å². The molecule has 80 valence electrons. The van der Waals surface area contributed by atoms with E-state index < -0.39 is 0 Å². The second-order valence-corrected chi connectivity index (χ2v) is 5.12. The zero-order chi connectivity index (χ0) is 10.7. The van der Waals surface area contributed by atoms with E-state index in [0.29, 0.717) is 5.65 Å². The Morgan fingerprint density at radius 2 is 2.27 bits per heavy atom. The molecule has 2 aromatic rings. The first-order chi connectivity index (χ1) is 7.31. The summed E-state index contributed by atoms with van der Waals surface area (Å²) in [6.07, 6.45) is 6.35. The largest absolute Gasteiger partial charge is 0.322 e. The van der Waals surface area contributed by atoms with Gasteiger partial charge in [0.25, 0.3) is 0 Å². The first-order valence-electron chi connectivity index (χ1n) is 4.63. The molecular weight excluding hydrogens is 228 g/mol. The number of fused-ring (bicyclic) bond motifs is 1. The van der Waals surface area contributed by atoms with Crippen molar-refractivity contribution in [2.24, 2.45) is 5.73 Å². The molecule has 0 fully saturated rings. The van der Waals surface area contributed by atoms with Gasteiger partial charge in [-0.25, -0.2) is 15.0 Å². The number of aromatic nitrogens is 3. The van der Waals surface area contributed by atoms with Gasteiger partial charge in [-0.1, -0.05) is 11.3 Å². The highest BCUT2D eigenvalue weighted by atomic mass is 32.2. The second kappa shape index (κ2) is 4.87. The van der Waals surface area contributed by atoms with Crippen molar-refractivity contribution in [2.45, 2.75) is 12.5 Å². The molecule has 0 amide bonds. The van der Waals surface area contributed by atoms with Crippen LogP contribution in [-0.4, -0.2) is 27.0 Å². The minimum absolute atomic E-state index is 0.0125. The maximum absolute atomic E-state index is 6.02. The molecule has 0 aromatic carbocycles. The lowest BCUT2D eigenvalue weighted by atomic mass is 10.2. The first kappa shape index (κ1) is 10.8. The molecule has 6 heteroatoms. The zero-order valence-corrected chi connectivity index (χ0v) is 10.0. The van der Waals surface area contributed by atoms with Gasteiger partial charge >= 0.3 is 0 Å². The Labute approximate surface area is 96.3 Å². The van der Waals surface area contributed by atoms with E-state index in [2.05, 4.69) is 21.2 Å². The molecule has 0 bridgehead atoms. The number of thioether (sulfide) groups is 1. The smallest absolute Gasteiger partial charge is 0.189 e. The standard InChI is InChI=1S/C9H12N4S2/c1-14-5-2-6(10)8-13-7-9(15-8)12-4-3-11-7/h3-4,6H,2,5,10H2,1H3. The number of hydrogen-bond donors (Lipinski definition) is 1. The third-order valence-electron chi connectivity index (χ3n) is 2.01. The molecule has 2 rings (SSSR count). The molecule has 0 aliphatic carbocycles. The number of nitrogens with zero attached hydrogens (tertiary/aromatic N) is 3. The summed E-state index contributed by atoms with van der Waals surface area (Å²) in [5.74, 6) is 1.05. The molecule has 0 saturated carbocycles. The van der Waals surface area contributed by atoms with Crippen molar-refractivity contribution in [1.29, 1.82) is 0 Å². The Kier molecular flexibility index (Phi) is 3.50. The van der Waals surface area contributed by atoms with Crippen molar-refractivity contribution >= 4 is 33.6 Å². The van der Waals surface area contributed by atoms with E-state index in [4.69, 9.17) is 5.73 Å². The van der Waals surface area contributed by atoms with E-state index in [1.165, 1.54) is 11.3 Å². The van der Waals surface area contributed by atoms with Gasteiger partial charge in [0.15, 0.2) is 10.5 Å². The van der Waals surface area contributed by atoms with Crippen LogP contribution in [0.15, 0.2) is 12.4 Å². The average Bonchev–Trinajstić information content (AvgIpc) is 2.69. The van der Waals surface area contributed by atoms with Gasteiger partial charge < -0.3 is 5.73 Å². The van der Waals surface area contributed by atoms with E-state index in [0.717, 1.165) is 22.0 Å². The monoisotopic (exact) mass is 240 g/mol. The van der Waals surface area contributed by atoms with Gasteiger partial charge in [-0.3, -0.25) is 0 Å². The number of nitrogens with two attached hydrogens (primary N) is 1. The topological polar surface area (TPSA) is 64.7 Å². The summed E-state index contributed by atoms with van der Waals surface area (Å²) in [4.78, 5) is 13.6. The molecule has 0 spiro atoms. The Morgan fingerprint density at radius 3 is 3.00 bits per heavy atom. The van der Waals surface area contributed by atoms with Crippen molar-refractivity contribution < 1.29 is 0 Å². The van der Waals surface area contributed by atoms with Crippen LogP contribution in [0.5, 0.6) is 0 Å². The molecule has 15 heavy (non-hydrogen) atoms. The van der Waals surface area contributed by atoms with Gasteiger partial charge in [0.2, 0.25) is 0 Å². The lowest BCUT2D eigenvalue weighted by Crippen LogP contribution is -2.10. The first-order valence-corrected chi connectivity index (χ1v) is 6.84.